The van der Waals surface area contributed by atoms with Crippen LogP contribution in [0.4, 0.5) is 0 Å². The van der Waals surface area contributed by atoms with Crippen molar-refractivity contribution < 1.29 is 9.90 Å². The van der Waals surface area contributed by atoms with Crippen molar-refractivity contribution in [3.05, 3.63) is 35.9 Å². The molecule has 1 aromatic carbocycles. The number of carboxylic acid groups (broad SMARTS) is 1. The van der Waals surface area contributed by atoms with Crippen molar-refractivity contribution in [2.75, 3.05) is 0 Å². The molecule has 1 atom stereocenters. The topological polar surface area (TPSA) is 63.3 Å². The quantitative estimate of drug-likeness (QED) is 0.810. The summed E-state index contributed by atoms with van der Waals surface area (Å²) in [5, 5.41) is 8.55. The molecule has 15 heavy (non-hydrogen) atoms. The van der Waals surface area contributed by atoms with Crippen LogP contribution in [-0.2, 0) is 11.2 Å². The number of carbonyl (C=O) groups is 1. The molecule has 0 aliphatic carbocycles. The summed E-state index contributed by atoms with van der Waals surface area (Å²) in [5.74, 6) is -0.918. The number of aliphatic carboxylic acids is 1. The van der Waals surface area contributed by atoms with E-state index in [0.29, 0.717) is 6.42 Å². The first kappa shape index (κ1) is 13.9. The molecule has 0 aliphatic heterocycles. The maximum absolute atomic E-state index is 10.4. The minimum absolute atomic E-state index is 0. The molecule has 0 spiro atoms. The number of halogens is 1. The Balaban J connectivity index is 0.00000196. The van der Waals surface area contributed by atoms with Gasteiger partial charge in [-0.1, -0.05) is 30.3 Å². The summed E-state index contributed by atoms with van der Waals surface area (Å²) in [7, 11) is 0. The van der Waals surface area contributed by atoms with E-state index in [9.17, 15) is 4.79 Å². The molecule has 84 valence electrons. The van der Waals surface area contributed by atoms with Crippen molar-refractivity contribution in [3.8, 4) is 0 Å². The van der Waals surface area contributed by atoms with Gasteiger partial charge in [0.1, 0.15) is 6.04 Å². The Morgan fingerprint density at radius 1 is 1.33 bits per heavy atom. The maximum Gasteiger partial charge on any atom is 0.320 e. The highest BCUT2D eigenvalue weighted by molar-refractivity contribution is 5.85. The van der Waals surface area contributed by atoms with Crippen LogP contribution in [0, 0.1) is 0 Å². The van der Waals surface area contributed by atoms with Gasteiger partial charge in [-0.05, 0) is 24.8 Å². The molecule has 0 saturated heterocycles. The van der Waals surface area contributed by atoms with Gasteiger partial charge in [0.2, 0.25) is 0 Å². The highest BCUT2D eigenvalue weighted by Gasteiger charge is 2.09. The zero-order valence-electron chi connectivity index (χ0n) is 8.43. The fourth-order valence-electron chi connectivity index (χ4n) is 1.29. The van der Waals surface area contributed by atoms with Crippen molar-refractivity contribution in [3.63, 3.8) is 0 Å². The zero-order valence-corrected chi connectivity index (χ0v) is 9.24. The number of benzene rings is 1. The zero-order chi connectivity index (χ0) is 10.4. The average Bonchev–Trinajstić information content (AvgIpc) is 2.19. The van der Waals surface area contributed by atoms with E-state index in [4.69, 9.17) is 10.8 Å². The van der Waals surface area contributed by atoms with Gasteiger partial charge < -0.3 is 10.8 Å². The molecular weight excluding hydrogens is 214 g/mol. The lowest BCUT2D eigenvalue weighted by atomic mass is 10.1. The number of carboxylic acids is 1. The van der Waals surface area contributed by atoms with Gasteiger partial charge in [0.05, 0.1) is 0 Å². The average molecular weight is 230 g/mol. The Morgan fingerprint density at radius 2 is 1.93 bits per heavy atom. The molecule has 0 saturated carbocycles. The third-order valence-electron chi connectivity index (χ3n) is 2.14. The van der Waals surface area contributed by atoms with E-state index >= 15 is 0 Å². The number of hydrogen-bond acceptors (Lipinski definition) is 2. The molecule has 3 N–H and O–H groups in total. The second kappa shape index (κ2) is 7.26. The fourth-order valence-corrected chi connectivity index (χ4v) is 1.29. The van der Waals surface area contributed by atoms with Gasteiger partial charge in [0, 0.05) is 0 Å². The van der Waals surface area contributed by atoms with E-state index in [2.05, 4.69) is 0 Å². The van der Waals surface area contributed by atoms with Crippen molar-refractivity contribution in [2.24, 2.45) is 5.73 Å². The molecule has 0 aromatic heterocycles. The van der Waals surface area contributed by atoms with E-state index in [1.807, 2.05) is 30.3 Å². The molecule has 3 nitrogen and oxygen atoms in total. The number of hydrogen-bond donors (Lipinski definition) is 2. The first-order valence-corrected chi connectivity index (χ1v) is 4.72. The Morgan fingerprint density at radius 3 is 2.47 bits per heavy atom. The van der Waals surface area contributed by atoms with Crippen LogP contribution in [-0.4, -0.2) is 17.1 Å². The van der Waals surface area contributed by atoms with Gasteiger partial charge in [0.25, 0.3) is 0 Å². The van der Waals surface area contributed by atoms with E-state index < -0.39 is 12.0 Å². The van der Waals surface area contributed by atoms with Gasteiger partial charge in [-0.15, -0.1) is 12.4 Å². The lowest BCUT2D eigenvalue weighted by Gasteiger charge is -2.05. The Kier molecular flexibility index (Phi) is 6.75. The molecule has 0 heterocycles. The summed E-state index contributed by atoms with van der Waals surface area (Å²) in [6.07, 6.45) is 2.24. The molecule has 1 aromatic rings. The van der Waals surface area contributed by atoms with Gasteiger partial charge in [-0.2, -0.15) is 0 Å². The Hall–Kier alpha value is -1.06. The largest absolute Gasteiger partial charge is 0.480 e. The Labute approximate surface area is 95.7 Å². The van der Waals surface area contributed by atoms with Gasteiger partial charge in [0.15, 0.2) is 0 Å². The number of aryl methyl sites for hydroxylation is 1. The van der Waals surface area contributed by atoms with Crippen molar-refractivity contribution in [2.45, 2.75) is 25.3 Å². The molecule has 0 bridgehead atoms. The minimum Gasteiger partial charge on any atom is -0.480 e. The fraction of sp³-hybridized carbons (Fsp3) is 0.364. The van der Waals surface area contributed by atoms with E-state index in [-0.39, 0.29) is 12.4 Å². The number of nitrogens with two attached hydrogens (primary N) is 1. The van der Waals surface area contributed by atoms with Crippen LogP contribution in [0.25, 0.3) is 0 Å². The SMILES string of the molecule is Cl.N[C@H](CCCc1ccccc1)C(=O)O. The maximum atomic E-state index is 10.4. The predicted octanol–water partition coefficient (Wildman–Crippen LogP) is 1.84. The molecular formula is C11H16ClNO2. The first-order chi connectivity index (χ1) is 6.70. The smallest absolute Gasteiger partial charge is 0.320 e. The third-order valence-corrected chi connectivity index (χ3v) is 2.14. The summed E-state index contributed by atoms with van der Waals surface area (Å²) in [5.41, 5.74) is 6.61. The highest BCUT2D eigenvalue weighted by Crippen LogP contribution is 2.05. The van der Waals surface area contributed by atoms with E-state index in [0.717, 1.165) is 12.8 Å². The van der Waals surface area contributed by atoms with Gasteiger partial charge in [-0.3, -0.25) is 4.79 Å². The highest BCUT2D eigenvalue weighted by atomic mass is 35.5. The lowest BCUT2D eigenvalue weighted by molar-refractivity contribution is -0.138. The van der Waals surface area contributed by atoms with Crippen LogP contribution in [0.1, 0.15) is 18.4 Å². The van der Waals surface area contributed by atoms with Crippen LogP contribution in [0.3, 0.4) is 0 Å². The van der Waals surface area contributed by atoms with Crippen molar-refractivity contribution in [1.29, 1.82) is 0 Å². The standard InChI is InChI=1S/C11H15NO2.ClH/c12-10(11(13)14)8-4-7-9-5-2-1-3-6-9;/h1-3,5-6,10H,4,7-8,12H2,(H,13,14);1H/t10-;/m1./s1. The number of rotatable bonds is 5. The summed E-state index contributed by atoms with van der Waals surface area (Å²) in [4.78, 5) is 10.4. The van der Waals surface area contributed by atoms with Crippen LogP contribution >= 0.6 is 12.4 Å². The summed E-state index contributed by atoms with van der Waals surface area (Å²) < 4.78 is 0. The predicted molar refractivity (Wildman–Crippen MR) is 62.2 cm³/mol. The summed E-state index contributed by atoms with van der Waals surface area (Å²) in [6.45, 7) is 0. The summed E-state index contributed by atoms with van der Waals surface area (Å²) >= 11 is 0. The van der Waals surface area contributed by atoms with E-state index in [1.165, 1.54) is 5.56 Å². The van der Waals surface area contributed by atoms with Crippen molar-refractivity contribution in [1.82, 2.24) is 0 Å². The first-order valence-electron chi connectivity index (χ1n) is 4.72. The van der Waals surface area contributed by atoms with Gasteiger partial charge >= 0.3 is 5.97 Å². The minimum atomic E-state index is -0.918. The lowest BCUT2D eigenvalue weighted by Crippen LogP contribution is -2.29. The van der Waals surface area contributed by atoms with Gasteiger partial charge in [-0.25, -0.2) is 0 Å². The summed E-state index contributed by atoms with van der Waals surface area (Å²) in [6, 6.07) is 9.27. The van der Waals surface area contributed by atoms with Crippen LogP contribution in [0.5, 0.6) is 0 Å². The monoisotopic (exact) mass is 229 g/mol. The molecule has 0 amide bonds. The van der Waals surface area contributed by atoms with E-state index in [1.54, 1.807) is 0 Å². The molecule has 4 heteroatoms. The molecule has 0 fully saturated rings. The molecule has 0 unspecified atom stereocenters. The van der Waals surface area contributed by atoms with Crippen molar-refractivity contribution >= 4 is 18.4 Å². The Bertz CT molecular complexity index is 290. The third kappa shape index (κ3) is 5.40. The van der Waals surface area contributed by atoms with Crippen LogP contribution < -0.4 is 5.73 Å². The molecule has 0 radical (unpaired) electrons. The normalized spacial score (nSPS) is 11.5. The molecule has 0 aliphatic rings. The molecule has 1 rings (SSSR count). The van der Waals surface area contributed by atoms with Crippen LogP contribution in [0.2, 0.25) is 0 Å². The second-order valence-corrected chi connectivity index (χ2v) is 3.32. The van der Waals surface area contributed by atoms with Crippen LogP contribution in [0.15, 0.2) is 30.3 Å². The second-order valence-electron chi connectivity index (χ2n) is 3.32.